The fraction of sp³-hybridized carbons (Fsp3) is 0.783. The number of hydrogen-bond donors (Lipinski definition) is 1. The van der Waals surface area contributed by atoms with Crippen LogP contribution < -0.4 is 0 Å². The fourth-order valence-corrected chi connectivity index (χ4v) is 5.50. The lowest BCUT2D eigenvalue weighted by Crippen LogP contribution is -2.39. The maximum Gasteiger partial charge on any atom is 0.274 e. The van der Waals surface area contributed by atoms with Crippen LogP contribution >= 0.6 is 0 Å². The van der Waals surface area contributed by atoms with E-state index in [1.165, 1.54) is 11.3 Å². The molecule has 1 N–H and O–H groups in total. The number of rotatable bonds is 6. The molecule has 29 heavy (non-hydrogen) atoms. The number of fused-ring (bicyclic) bond motifs is 1. The van der Waals surface area contributed by atoms with Gasteiger partial charge in [0.05, 0.1) is 6.10 Å². The molecule has 0 bridgehead atoms. The molecule has 1 saturated heterocycles. The minimum absolute atomic E-state index is 0.0870. The monoisotopic (exact) mass is 401 g/mol. The molecule has 2 heterocycles. The van der Waals surface area contributed by atoms with E-state index >= 15 is 0 Å². The third-order valence-corrected chi connectivity index (χ3v) is 7.25. The number of amides is 1. The minimum atomic E-state index is -0.107. The van der Waals surface area contributed by atoms with Gasteiger partial charge in [0.15, 0.2) is 5.69 Å². The Bertz CT molecular complexity index is 741. The van der Waals surface area contributed by atoms with Crippen LogP contribution in [0, 0.1) is 11.8 Å². The number of carbonyl (C=O) groups excluding carboxylic acids is 2. The van der Waals surface area contributed by atoms with E-state index in [1.807, 2.05) is 4.90 Å². The van der Waals surface area contributed by atoms with Gasteiger partial charge in [-0.2, -0.15) is 5.10 Å². The van der Waals surface area contributed by atoms with Crippen molar-refractivity contribution in [2.45, 2.75) is 90.2 Å². The number of likely N-dealkylation sites (tertiary alicyclic amines) is 1. The van der Waals surface area contributed by atoms with Crippen LogP contribution in [-0.4, -0.2) is 50.7 Å². The largest absolute Gasteiger partial charge is 0.393 e. The number of piperidine rings is 1. The van der Waals surface area contributed by atoms with Gasteiger partial charge in [0.1, 0.15) is 5.78 Å². The second-order valence-corrected chi connectivity index (χ2v) is 9.46. The Morgan fingerprint density at radius 1 is 1.03 bits per heavy atom. The van der Waals surface area contributed by atoms with Gasteiger partial charge in [-0.05, 0) is 83.0 Å². The van der Waals surface area contributed by atoms with Gasteiger partial charge in [-0.15, -0.1) is 0 Å². The number of aliphatic hydroxyl groups excluding tert-OH is 1. The van der Waals surface area contributed by atoms with E-state index in [0.29, 0.717) is 24.0 Å². The molecule has 2 fully saturated rings. The molecule has 0 aromatic carbocycles. The first-order valence-electron chi connectivity index (χ1n) is 11.6. The van der Waals surface area contributed by atoms with Crippen molar-refractivity contribution in [1.82, 2.24) is 14.7 Å². The van der Waals surface area contributed by atoms with Gasteiger partial charge in [0, 0.05) is 37.3 Å². The highest BCUT2D eigenvalue weighted by Crippen LogP contribution is 2.31. The molecule has 0 unspecified atom stereocenters. The van der Waals surface area contributed by atoms with Crippen LogP contribution in [0.15, 0.2) is 0 Å². The van der Waals surface area contributed by atoms with Crippen molar-refractivity contribution in [3.05, 3.63) is 17.0 Å². The molecule has 1 saturated carbocycles. The zero-order valence-electron chi connectivity index (χ0n) is 17.7. The highest BCUT2D eigenvalue weighted by molar-refractivity contribution is 5.94. The summed E-state index contributed by atoms with van der Waals surface area (Å²) in [5, 5.41) is 14.5. The standard InChI is InChI=1S/C23H35N3O3/c1-16(27)15-18-9-12-25(13-10-18)23(29)22-20-3-2-4-21(20)26(24-22)14-11-17-5-7-19(28)8-6-17/h17-19,28H,2-15H2,1H3. The number of nitrogens with zero attached hydrogens (tertiary/aromatic N) is 3. The molecule has 2 aliphatic carbocycles. The predicted octanol–water partition coefficient (Wildman–Crippen LogP) is 3.14. The summed E-state index contributed by atoms with van der Waals surface area (Å²) in [5.41, 5.74) is 3.14. The third kappa shape index (κ3) is 4.73. The minimum Gasteiger partial charge on any atom is -0.393 e. The molecule has 1 aromatic heterocycles. The Morgan fingerprint density at radius 3 is 2.45 bits per heavy atom. The number of aromatic nitrogens is 2. The predicted molar refractivity (Wildman–Crippen MR) is 111 cm³/mol. The quantitative estimate of drug-likeness (QED) is 0.795. The van der Waals surface area contributed by atoms with Crippen LogP contribution in [0.4, 0.5) is 0 Å². The zero-order chi connectivity index (χ0) is 20.4. The topological polar surface area (TPSA) is 75.4 Å². The Kier molecular flexibility index (Phi) is 6.38. The smallest absolute Gasteiger partial charge is 0.274 e. The summed E-state index contributed by atoms with van der Waals surface area (Å²) in [6.07, 6.45) is 10.6. The maximum atomic E-state index is 13.2. The summed E-state index contributed by atoms with van der Waals surface area (Å²) in [7, 11) is 0. The van der Waals surface area contributed by atoms with Crippen molar-refractivity contribution >= 4 is 11.7 Å². The van der Waals surface area contributed by atoms with Gasteiger partial charge in [0.2, 0.25) is 0 Å². The van der Waals surface area contributed by atoms with Crippen molar-refractivity contribution in [2.75, 3.05) is 13.1 Å². The van der Waals surface area contributed by atoms with Gasteiger partial charge in [-0.3, -0.25) is 9.48 Å². The SMILES string of the molecule is CC(=O)CC1CCN(C(=O)c2nn(CCC3CCC(O)CC3)c3c2CCC3)CC1. The summed E-state index contributed by atoms with van der Waals surface area (Å²) in [5.74, 6) is 1.43. The van der Waals surface area contributed by atoms with Gasteiger partial charge in [0.25, 0.3) is 5.91 Å². The van der Waals surface area contributed by atoms with Crippen LogP contribution in [0.3, 0.4) is 0 Å². The number of ketones is 1. The molecule has 3 aliphatic rings. The molecule has 160 valence electrons. The van der Waals surface area contributed by atoms with Crippen molar-refractivity contribution in [2.24, 2.45) is 11.8 Å². The van der Waals surface area contributed by atoms with Crippen LogP contribution in [0.25, 0.3) is 0 Å². The van der Waals surface area contributed by atoms with E-state index in [0.717, 1.165) is 83.8 Å². The van der Waals surface area contributed by atoms with E-state index in [1.54, 1.807) is 6.92 Å². The zero-order valence-corrected chi connectivity index (χ0v) is 17.7. The average molecular weight is 402 g/mol. The molecule has 0 atom stereocenters. The average Bonchev–Trinajstić information content (AvgIpc) is 3.30. The van der Waals surface area contributed by atoms with E-state index < -0.39 is 0 Å². The number of Topliss-reactive ketones (excluding diaryl/α,β-unsaturated/α-hetero) is 1. The maximum absolute atomic E-state index is 13.2. The normalized spacial score (nSPS) is 25.2. The van der Waals surface area contributed by atoms with Crippen molar-refractivity contribution in [3.63, 3.8) is 0 Å². The lowest BCUT2D eigenvalue weighted by atomic mass is 9.85. The molecule has 1 aromatic rings. The van der Waals surface area contributed by atoms with Crippen molar-refractivity contribution < 1.29 is 14.7 Å². The van der Waals surface area contributed by atoms with Crippen LogP contribution in [0.2, 0.25) is 0 Å². The second-order valence-electron chi connectivity index (χ2n) is 9.46. The van der Waals surface area contributed by atoms with Gasteiger partial charge >= 0.3 is 0 Å². The summed E-state index contributed by atoms with van der Waals surface area (Å²) < 4.78 is 2.11. The van der Waals surface area contributed by atoms with E-state index in [2.05, 4.69) is 4.68 Å². The number of carbonyl (C=O) groups is 2. The van der Waals surface area contributed by atoms with Crippen molar-refractivity contribution in [1.29, 1.82) is 0 Å². The summed E-state index contributed by atoms with van der Waals surface area (Å²) >= 11 is 0. The number of hydrogen-bond acceptors (Lipinski definition) is 4. The lowest BCUT2D eigenvalue weighted by Gasteiger charge is -2.31. The summed E-state index contributed by atoms with van der Waals surface area (Å²) in [4.78, 5) is 26.5. The highest BCUT2D eigenvalue weighted by atomic mass is 16.3. The highest BCUT2D eigenvalue weighted by Gasteiger charge is 2.31. The Balaban J connectivity index is 1.39. The molecular weight excluding hydrogens is 366 g/mol. The molecule has 0 spiro atoms. The van der Waals surface area contributed by atoms with Gasteiger partial charge < -0.3 is 14.8 Å². The summed E-state index contributed by atoms with van der Waals surface area (Å²) in [6.45, 7) is 4.02. The fourth-order valence-electron chi connectivity index (χ4n) is 5.50. The second kappa shape index (κ2) is 8.99. The molecule has 1 amide bonds. The third-order valence-electron chi connectivity index (χ3n) is 7.25. The molecule has 6 nitrogen and oxygen atoms in total. The van der Waals surface area contributed by atoms with E-state index in [-0.39, 0.29) is 17.8 Å². The van der Waals surface area contributed by atoms with E-state index in [4.69, 9.17) is 5.10 Å². The Labute approximate surface area is 173 Å². The summed E-state index contributed by atoms with van der Waals surface area (Å²) in [6, 6.07) is 0. The lowest BCUT2D eigenvalue weighted by molar-refractivity contribution is -0.118. The Hall–Kier alpha value is -1.69. The van der Waals surface area contributed by atoms with Crippen LogP contribution in [0.1, 0.15) is 86.5 Å². The first-order valence-corrected chi connectivity index (χ1v) is 11.6. The molecule has 0 radical (unpaired) electrons. The Morgan fingerprint density at radius 2 is 1.76 bits per heavy atom. The first-order chi connectivity index (χ1) is 14.0. The molecule has 6 heteroatoms. The van der Waals surface area contributed by atoms with Crippen molar-refractivity contribution in [3.8, 4) is 0 Å². The molecule has 1 aliphatic heterocycles. The first kappa shape index (κ1) is 20.6. The molecule has 4 rings (SSSR count). The van der Waals surface area contributed by atoms with Crippen LogP contribution in [-0.2, 0) is 24.2 Å². The number of aliphatic hydroxyl groups is 1. The van der Waals surface area contributed by atoms with Crippen LogP contribution in [0.5, 0.6) is 0 Å². The number of aryl methyl sites for hydroxylation is 1. The van der Waals surface area contributed by atoms with Gasteiger partial charge in [-0.25, -0.2) is 0 Å². The van der Waals surface area contributed by atoms with Gasteiger partial charge in [-0.1, -0.05) is 0 Å². The molecular formula is C23H35N3O3. The van der Waals surface area contributed by atoms with E-state index in [9.17, 15) is 14.7 Å².